The van der Waals surface area contributed by atoms with Crippen molar-refractivity contribution in [3.05, 3.63) is 0 Å². The van der Waals surface area contributed by atoms with Crippen LogP contribution in [0.2, 0.25) is 0 Å². The van der Waals surface area contributed by atoms with Gasteiger partial charge in [-0.25, -0.2) is 0 Å². The van der Waals surface area contributed by atoms with Crippen molar-refractivity contribution in [1.82, 2.24) is 0 Å². The largest absolute Gasteiger partial charge is 0.381 e. The van der Waals surface area contributed by atoms with E-state index in [1.54, 1.807) is 0 Å². The summed E-state index contributed by atoms with van der Waals surface area (Å²) in [6.07, 6.45) is 2.53. The first-order valence-electron chi connectivity index (χ1n) is 3.97. The summed E-state index contributed by atoms with van der Waals surface area (Å²) in [5.74, 6) is 0.911. The van der Waals surface area contributed by atoms with E-state index in [4.69, 9.17) is 4.74 Å². The van der Waals surface area contributed by atoms with E-state index in [2.05, 4.69) is 6.92 Å². The zero-order valence-corrected chi connectivity index (χ0v) is 6.81. The van der Waals surface area contributed by atoms with Crippen LogP contribution in [0.15, 0.2) is 0 Å². The quantitative estimate of drug-likeness (QED) is 0.489. The Kier molecular flexibility index (Phi) is 6.06. The summed E-state index contributed by atoms with van der Waals surface area (Å²) in [5, 5.41) is 0. The van der Waals surface area contributed by atoms with Crippen LogP contribution in [0.1, 0.15) is 33.6 Å². The molecule has 0 aromatic heterocycles. The number of rotatable bonds is 0. The molecule has 0 aromatic carbocycles. The summed E-state index contributed by atoms with van der Waals surface area (Å²) in [4.78, 5) is 0. The number of hydrogen-bond acceptors (Lipinski definition) is 1. The van der Waals surface area contributed by atoms with E-state index in [1.165, 1.54) is 12.8 Å². The lowest BCUT2D eigenvalue weighted by atomic mass is 10.0. The third-order valence-electron chi connectivity index (χ3n) is 1.51. The molecule has 0 aliphatic carbocycles. The summed E-state index contributed by atoms with van der Waals surface area (Å²) in [6, 6.07) is 0. The van der Waals surface area contributed by atoms with E-state index < -0.39 is 0 Å². The van der Waals surface area contributed by atoms with Gasteiger partial charge in [0.2, 0.25) is 0 Å². The van der Waals surface area contributed by atoms with E-state index in [1.807, 2.05) is 13.8 Å². The van der Waals surface area contributed by atoms with Gasteiger partial charge >= 0.3 is 0 Å². The number of ether oxygens (including phenoxy) is 1. The molecule has 0 amide bonds. The van der Waals surface area contributed by atoms with Crippen LogP contribution in [0, 0.1) is 5.92 Å². The van der Waals surface area contributed by atoms with Gasteiger partial charge in [0, 0.05) is 13.2 Å². The van der Waals surface area contributed by atoms with Crippen LogP contribution >= 0.6 is 0 Å². The van der Waals surface area contributed by atoms with Crippen molar-refractivity contribution < 1.29 is 4.74 Å². The summed E-state index contributed by atoms with van der Waals surface area (Å²) < 4.78 is 5.14. The van der Waals surface area contributed by atoms with Crippen LogP contribution in [0.4, 0.5) is 0 Å². The Balaban J connectivity index is 0.000000291. The Bertz CT molecular complexity index is 46.5. The van der Waals surface area contributed by atoms with Gasteiger partial charge in [-0.05, 0) is 18.8 Å². The van der Waals surface area contributed by atoms with Crippen LogP contribution in [-0.2, 0) is 4.74 Å². The third-order valence-corrected chi connectivity index (χ3v) is 1.51. The standard InChI is InChI=1S/C6H12O.C2H6/c1-6-2-4-7-5-3-6;1-2/h6H,2-5H2,1H3;1-2H3. The minimum Gasteiger partial charge on any atom is -0.381 e. The minimum absolute atomic E-state index is 0.911. The molecule has 0 bridgehead atoms. The van der Waals surface area contributed by atoms with Crippen LogP contribution in [0.5, 0.6) is 0 Å². The fraction of sp³-hybridized carbons (Fsp3) is 1.00. The van der Waals surface area contributed by atoms with Gasteiger partial charge in [-0.1, -0.05) is 20.8 Å². The summed E-state index contributed by atoms with van der Waals surface area (Å²) >= 11 is 0. The number of hydrogen-bond donors (Lipinski definition) is 0. The SMILES string of the molecule is CC.CC1CCOCC1. The second-order valence-electron chi connectivity index (χ2n) is 2.29. The molecule has 0 N–H and O–H groups in total. The molecule has 0 aromatic rings. The fourth-order valence-electron chi connectivity index (χ4n) is 0.815. The van der Waals surface area contributed by atoms with Crippen molar-refractivity contribution in [2.24, 2.45) is 5.92 Å². The highest BCUT2D eigenvalue weighted by Crippen LogP contribution is 2.11. The molecule has 0 spiro atoms. The van der Waals surface area contributed by atoms with Gasteiger partial charge in [-0.3, -0.25) is 0 Å². The van der Waals surface area contributed by atoms with E-state index in [9.17, 15) is 0 Å². The maximum absolute atomic E-state index is 5.14. The van der Waals surface area contributed by atoms with Gasteiger partial charge in [-0.2, -0.15) is 0 Å². The average Bonchev–Trinajstić information content (AvgIpc) is 1.94. The molecule has 1 saturated heterocycles. The van der Waals surface area contributed by atoms with Crippen molar-refractivity contribution in [2.45, 2.75) is 33.6 Å². The first-order chi connectivity index (χ1) is 4.39. The highest BCUT2D eigenvalue weighted by Gasteiger charge is 2.06. The molecule has 56 valence electrons. The lowest BCUT2D eigenvalue weighted by Crippen LogP contribution is -2.12. The Morgan fingerprint density at radius 3 is 1.78 bits per heavy atom. The van der Waals surface area contributed by atoms with Crippen molar-refractivity contribution >= 4 is 0 Å². The first-order valence-corrected chi connectivity index (χ1v) is 3.97. The monoisotopic (exact) mass is 130 g/mol. The highest BCUT2D eigenvalue weighted by atomic mass is 16.5. The van der Waals surface area contributed by atoms with Crippen molar-refractivity contribution in [3.63, 3.8) is 0 Å². The van der Waals surface area contributed by atoms with E-state index in [0.29, 0.717) is 0 Å². The molecular formula is C8H18O. The van der Waals surface area contributed by atoms with E-state index in [-0.39, 0.29) is 0 Å². The molecule has 1 nitrogen and oxygen atoms in total. The summed E-state index contributed by atoms with van der Waals surface area (Å²) in [7, 11) is 0. The van der Waals surface area contributed by atoms with Crippen LogP contribution in [-0.4, -0.2) is 13.2 Å². The molecule has 0 saturated carbocycles. The minimum atomic E-state index is 0.911. The Morgan fingerprint density at radius 2 is 1.56 bits per heavy atom. The predicted molar refractivity (Wildman–Crippen MR) is 40.6 cm³/mol. The summed E-state index contributed by atoms with van der Waals surface area (Å²) in [6.45, 7) is 8.25. The molecule has 0 atom stereocenters. The molecule has 1 aliphatic heterocycles. The zero-order chi connectivity index (χ0) is 7.11. The van der Waals surface area contributed by atoms with Crippen molar-refractivity contribution in [1.29, 1.82) is 0 Å². The fourth-order valence-corrected chi connectivity index (χ4v) is 0.815. The maximum Gasteiger partial charge on any atom is 0.0468 e. The molecule has 9 heavy (non-hydrogen) atoms. The average molecular weight is 130 g/mol. The molecule has 1 heteroatoms. The van der Waals surface area contributed by atoms with Gasteiger partial charge < -0.3 is 4.74 Å². The molecule has 1 rings (SSSR count). The molecule has 0 radical (unpaired) electrons. The first kappa shape index (κ1) is 8.96. The predicted octanol–water partition coefficient (Wildman–Crippen LogP) is 2.46. The van der Waals surface area contributed by atoms with E-state index in [0.717, 1.165) is 19.1 Å². The summed E-state index contributed by atoms with van der Waals surface area (Å²) in [5.41, 5.74) is 0. The molecule has 1 heterocycles. The molecule has 1 aliphatic rings. The van der Waals surface area contributed by atoms with Crippen molar-refractivity contribution in [3.8, 4) is 0 Å². The Labute approximate surface area is 58.4 Å². The van der Waals surface area contributed by atoms with Gasteiger partial charge in [0.05, 0.1) is 0 Å². The Morgan fingerprint density at radius 1 is 1.11 bits per heavy atom. The van der Waals surface area contributed by atoms with Gasteiger partial charge in [0.15, 0.2) is 0 Å². The molecule has 1 fully saturated rings. The lowest BCUT2D eigenvalue weighted by molar-refractivity contribution is 0.0716. The smallest absolute Gasteiger partial charge is 0.0468 e. The lowest BCUT2D eigenvalue weighted by Gasteiger charge is -2.16. The van der Waals surface area contributed by atoms with Gasteiger partial charge in [0.1, 0.15) is 0 Å². The third kappa shape index (κ3) is 4.46. The van der Waals surface area contributed by atoms with Gasteiger partial charge in [0.25, 0.3) is 0 Å². The highest BCUT2D eigenvalue weighted by molar-refractivity contribution is 4.55. The second-order valence-corrected chi connectivity index (χ2v) is 2.29. The normalized spacial score (nSPS) is 20.3. The maximum atomic E-state index is 5.14. The van der Waals surface area contributed by atoms with Crippen molar-refractivity contribution in [2.75, 3.05) is 13.2 Å². The van der Waals surface area contributed by atoms with Crippen LogP contribution in [0.25, 0.3) is 0 Å². The van der Waals surface area contributed by atoms with Crippen LogP contribution < -0.4 is 0 Å². The van der Waals surface area contributed by atoms with Crippen LogP contribution in [0.3, 0.4) is 0 Å². The molecular weight excluding hydrogens is 112 g/mol. The zero-order valence-electron chi connectivity index (χ0n) is 6.81. The van der Waals surface area contributed by atoms with E-state index >= 15 is 0 Å². The second kappa shape index (κ2) is 6.09. The topological polar surface area (TPSA) is 9.23 Å². The Hall–Kier alpha value is -0.0400. The molecule has 0 unspecified atom stereocenters. The van der Waals surface area contributed by atoms with Gasteiger partial charge in [-0.15, -0.1) is 0 Å².